The van der Waals surface area contributed by atoms with Crippen molar-refractivity contribution in [3.63, 3.8) is 0 Å². The molecule has 0 unspecified atom stereocenters. The lowest BCUT2D eigenvalue weighted by Gasteiger charge is -2.11. The van der Waals surface area contributed by atoms with Crippen molar-refractivity contribution >= 4 is 0 Å². The summed E-state index contributed by atoms with van der Waals surface area (Å²) in [6.45, 7) is 9.19. The van der Waals surface area contributed by atoms with Crippen LogP contribution in [0, 0.1) is 6.42 Å². The van der Waals surface area contributed by atoms with E-state index in [0.717, 1.165) is 0 Å². The SMILES string of the molecule is CCCC1=C(CCC)C(CCC)=C(CCC)[CH]1. The molecule has 0 aromatic carbocycles. The Bertz CT molecular complexity index is 261. The number of allylic oxidation sites excluding steroid dienone is 4. The Kier molecular flexibility index (Phi) is 6.62. The highest BCUT2D eigenvalue weighted by atomic mass is 14.3. The standard InChI is InChI=1S/C17H29/c1-5-9-14-13-15(10-6-2)17(12-8-4)16(14)11-7-3/h13H,5-12H2,1-4H3. The zero-order valence-corrected chi connectivity index (χ0v) is 12.2. The molecule has 1 rings (SSSR count). The van der Waals surface area contributed by atoms with Crippen molar-refractivity contribution in [3.8, 4) is 0 Å². The van der Waals surface area contributed by atoms with Crippen molar-refractivity contribution in [2.45, 2.75) is 79.1 Å². The van der Waals surface area contributed by atoms with Gasteiger partial charge in [-0.15, -0.1) is 0 Å². The van der Waals surface area contributed by atoms with E-state index in [-0.39, 0.29) is 0 Å². The summed E-state index contributed by atoms with van der Waals surface area (Å²) in [6, 6.07) is 0. The van der Waals surface area contributed by atoms with E-state index in [2.05, 4.69) is 34.1 Å². The molecule has 0 fully saturated rings. The first-order chi connectivity index (χ1) is 8.28. The smallest absolute Gasteiger partial charge is 0.0122 e. The molecule has 17 heavy (non-hydrogen) atoms. The maximum absolute atomic E-state index is 2.52. The fourth-order valence-electron chi connectivity index (χ4n) is 2.88. The van der Waals surface area contributed by atoms with Crippen LogP contribution >= 0.6 is 0 Å². The van der Waals surface area contributed by atoms with Crippen LogP contribution in [0.3, 0.4) is 0 Å². The van der Waals surface area contributed by atoms with Gasteiger partial charge in [-0.3, -0.25) is 0 Å². The first-order valence-corrected chi connectivity index (χ1v) is 7.57. The van der Waals surface area contributed by atoms with Gasteiger partial charge in [-0.1, -0.05) is 64.5 Å². The predicted octanol–water partition coefficient (Wildman–Crippen LogP) is 6.00. The quantitative estimate of drug-likeness (QED) is 0.482. The van der Waals surface area contributed by atoms with Crippen LogP contribution in [0.1, 0.15) is 79.1 Å². The molecule has 0 spiro atoms. The average molecular weight is 233 g/mol. The molecule has 0 heterocycles. The number of hydrogen-bond acceptors (Lipinski definition) is 0. The third kappa shape index (κ3) is 3.72. The zero-order chi connectivity index (χ0) is 12.7. The summed E-state index contributed by atoms with van der Waals surface area (Å²) >= 11 is 0. The molecule has 97 valence electrons. The summed E-state index contributed by atoms with van der Waals surface area (Å²) in [5.74, 6) is 0. The third-order valence-electron chi connectivity index (χ3n) is 3.53. The van der Waals surface area contributed by atoms with Gasteiger partial charge >= 0.3 is 0 Å². The number of hydrogen-bond donors (Lipinski definition) is 0. The fourth-order valence-corrected chi connectivity index (χ4v) is 2.88. The van der Waals surface area contributed by atoms with Crippen LogP contribution in [-0.4, -0.2) is 0 Å². The molecule has 0 saturated carbocycles. The molecule has 0 amide bonds. The maximum Gasteiger partial charge on any atom is 0.0122 e. The molecule has 0 aliphatic heterocycles. The molecule has 1 aliphatic carbocycles. The van der Waals surface area contributed by atoms with Crippen LogP contribution in [-0.2, 0) is 0 Å². The summed E-state index contributed by atoms with van der Waals surface area (Å²) in [5.41, 5.74) is 6.72. The van der Waals surface area contributed by atoms with Crippen molar-refractivity contribution in [1.29, 1.82) is 0 Å². The zero-order valence-electron chi connectivity index (χ0n) is 12.2. The third-order valence-corrected chi connectivity index (χ3v) is 3.53. The Morgan fingerprint density at radius 3 is 1.24 bits per heavy atom. The summed E-state index contributed by atoms with van der Waals surface area (Å²) in [6.07, 6.45) is 12.7. The molecule has 1 radical (unpaired) electrons. The van der Waals surface area contributed by atoms with Crippen LogP contribution < -0.4 is 0 Å². The minimum atomic E-state index is 1.27. The molecular weight excluding hydrogens is 204 g/mol. The van der Waals surface area contributed by atoms with Gasteiger partial charge in [-0.05, 0) is 36.8 Å². The van der Waals surface area contributed by atoms with Gasteiger partial charge in [0.1, 0.15) is 0 Å². The molecular formula is C17H29. The highest BCUT2D eigenvalue weighted by Crippen LogP contribution is 2.40. The second kappa shape index (κ2) is 7.74. The second-order valence-electron chi connectivity index (χ2n) is 5.15. The van der Waals surface area contributed by atoms with E-state index in [1.165, 1.54) is 51.4 Å². The van der Waals surface area contributed by atoms with E-state index in [9.17, 15) is 0 Å². The summed E-state index contributed by atoms with van der Waals surface area (Å²) in [7, 11) is 0. The van der Waals surface area contributed by atoms with E-state index in [4.69, 9.17) is 0 Å². The van der Waals surface area contributed by atoms with Crippen molar-refractivity contribution in [1.82, 2.24) is 0 Å². The fraction of sp³-hybridized carbons (Fsp3) is 0.706. The van der Waals surface area contributed by atoms with Gasteiger partial charge in [0, 0.05) is 6.42 Å². The minimum Gasteiger partial charge on any atom is -0.0651 e. The lowest BCUT2D eigenvalue weighted by atomic mass is 9.95. The molecule has 0 bridgehead atoms. The molecule has 0 saturated heterocycles. The van der Waals surface area contributed by atoms with Crippen molar-refractivity contribution < 1.29 is 0 Å². The Labute approximate surface area is 108 Å². The summed E-state index contributed by atoms with van der Waals surface area (Å²) in [5, 5.41) is 0. The van der Waals surface area contributed by atoms with Crippen molar-refractivity contribution in [2.24, 2.45) is 0 Å². The van der Waals surface area contributed by atoms with Gasteiger partial charge in [-0.2, -0.15) is 0 Å². The maximum atomic E-state index is 2.52. The van der Waals surface area contributed by atoms with Gasteiger partial charge in [0.25, 0.3) is 0 Å². The summed E-state index contributed by atoms with van der Waals surface area (Å²) < 4.78 is 0. The first-order valence-electron chi connectivity index (χ1n) is 7.57. The largest absolute Gasteiger partial charge is 0.0651 e. The van der Waals surface area contributed by atoms with Gasteiger partial charge in [0.2, 0.25) is 0 Å². The van der Waals surface area contributed by atoms with Gasteiger partial charge in [0.05, 0.1) is 0 Å². The monoisotopic (exact) mass is 233 g/mol. The molecule has 0 N–H and O–H groups in total. The van der Waals surface area contributed by atoms with E-state index < -0.39 is 0 Å². The summed E-state index contributed by atoms with van der Waals surface area (Å²) in [4.78, 5) is 0. The van der Waals surface area contributed by atoms with Crippen molar-refractivity contribution in [3.05, 3.63) is 28.7 Å². The predicted molar refractivity (Wildman–Crippen MR) is 78.0 cm³/mol. The Balaban J connectivity index is 2.91. The molecule has 0 atom stereocenters. The highest BCUT2D eigenvalue weighted by Gasteiger charge is 2.22. The Morgan fingerprint density at radius 1 is 0.588 bits per heavy atom. The van der Waals surface area contributed by atoms with Crippen molar-refractivity contribution in [2.75, 3.05) is 0 Å². The Hall–Kier alpha value is -0.520. The van der Waals surface area contributed by atoms with Crippen LogP contribution in [0.25, 0.3) is 0 Å². The van der Waals surface area contributed by atoms with Crippen LogP contribution in [0.4, 0.5) is 0 Å². The van der Waals surface area contributed by atoms with E-state index in [0.29, 0.717) is 0 Å². The molecule has 1 aliphatic rings. The molecule has 0 heteroatoms. The lowest BCUT2D eigenvalue weighted by Crippen LogP contribution is -1.91. The minimum absolute atomic E-state index is 1.27. The van der Waals surface area contributed by atoms with Crippen LogP contribution in [0.2, 0.25) is 0 Å². The Morgan fingerprint density at radius 2 is 0.941 bits per heavy atom. The van der Waals surface area contributed by atoms with E-state index in [1.807, 2.05) is 0 Å². The molecule has 0 aromatic heterocycles. The van der Waals surface area contributed by atoms with Gasteiger partial charge < -0.3 is 0 Å². The van der Waals surface area contributed by atoms with Gasteiger partial charge in [0.15, 0.2) is 0 Å². The van der Waals surface area contributed by atoms with Crippen LogP contribution in [0.15, 0.2) is 22.3 Å². The molecule has 0 nitrogen and oxygen atoms in total. The normalized spacial score (nSPS) is 16.2. The number of rotatable bonds is 8. The van der Waals surface area contributed by atoms with E-state index >= 15 is 0 Å². The molecule has 0 aromatic rings. The average Bonchev–Trinajstić information content (AvgIpc) is 2.61. The van der Waals surface area contributed by atoms with E-state index in [1.54, 1.807) is 22.3 Å². The lowest BCUT2D eigenvalue weighted by molar-refractivity contribution is 0.825. The second-order valence-corrected chi connectivity index (χ2v) is 5.15. The highest BCUT2D eigenvalue weighted by molar-refractivity contribution is 5.54. The first kappa shape index (κ1) is 14.5. The topological polar surface area (TPSA) is 0 Å². The van der Waals surface area contributed by atoms with Gasteiger partial charge in [-0.25, -0.2) is 0 Å². The van der Waals surface area contributed by atoms with Crippen LogP contribution in [0.5, 0.6) is 0 Å².